The van der Waals surface area contributed by atoms with Gasteiger partial charge in [-0.3, -0.25) is 0 Å². The topological polar surface area (TPSA) is 0 Å². The van der Waals surface area contributed by atoms with E-state index in [1.807, 2.05) is 0 Å². The van der Waals surface area contributed by atoms with Crippen LogP contribution in [0.25, 0.3) is 0 Å². The zero-order valence-corrected chi connectivity index (χ0v) is 27.2. The summed E-state index contributed by atoms with van der Waals surface area (Å²) in [6, 6.07) is 6.24. The lowest BCUT2D eigenvalue weighted by Crippen LogP contribution is -2.47. The summed E-state index contributed by atoms with van der Waals surface area (Å²) < 4.78 is 0. The predicted octanol–water partition coefficient (Wildman–Crippen LogP) is 5.69. The highest BCUT2D eigenvalue weighted by Crippen LogP contribution is 2.19. The van der Waals surface area contributed by atoms with Crippen LogP contribution in [0.3, 0.4) is 0 Å². The van der Waals surface area contributed by atoms with Crippen molar-refractivity contribution < 1.29 is 0 Å². The summed E-state index contributed by atoms with van der Waals surface area (Å²) in [7, 11) is -3.44. The average Bonchev–Trinajstić information content (AvgIpc) is 2.91. The van der Waals surface area contributed by atoms with E-state index < -0.39 is 16.1 Å². The molecule has 40 heavy (non-hydrogen) atoms. The third-order valence-electron chi connectivity index (χ3n) is 6.45. The Morgan fingerprint density at radius 1 is 0.550 bits per heavy atom. The second kappa shape index (κ2) is 18.9. The fourth-order valence-corrected chi connectivity index (χ4v) is 9.69. The Morgan fingerprint density at radius 3 is 1.45 bits per heavy atom. The minimum Gasteiger partial charge on any atom is -0.112 e. The maximum atomic E-state index is 4.98. The van der Waals surface area contributed by atoms with Crippen LogP contribution in [-0.4, -0.2) is 16.1 Å². The van der Waals surface area contributed by atoms with Crippen molar-refractivity contribution in [3.05, 3.63) is 23.3 Å². The first-order chi connectivity index (χ1) is 19.2. The first kappa shape index (κ1) is 33.7. The molecule has 0 heterocycles. The zero-order valence-electron chi connectivity index (χ0n) is 25.2. The molecule has 1 aromatic carbocycles. The van der Waals surface area contributed by atoms with Gasteiger partial charge < -0.3 is 0 Å². The number of terminal acetylenes is 1. The van der Waals surface area contributed by atoms with E-state index in [1.165, 1.54) is 60.9 Å². The summed E-state index contributed by atoms with van der Waals surface area (Å²) in [6.07, 6.45) is 13.1. The molecule has 0 nitrogen and oxygen atoms in total. The fraction of sp³-hybridized carbons (Fsp3) is 0.368. The summed E-state index contributed by atoms with van der Waals surface area (Å²) in [4.78, 5) is 0. The van der Waals surface area contributed by atoms with Gasteiger partial charge in [0.15, 0.2) is 8.07 Å². The lowest BCUT2D eigenvalue weighted by atomic mass is 10.1. The maximum absolute atomic E-state index is 4.98. The number of hydrogen-bond acceptors (Lipinski definition) is 0. The Balaban J connectivity index is 2.84. The average molecular weight is 551 g/mol. The Morgan fingerprint density at radius 2 is 0.950 bits per heavy atom. The van der Waals surface area contributed by atoms with Gasteiger partial charge in [0.2, 0.25) is 0 Å². The Labute approximate surface area is 247 Å². The van der Waals surface area contributed by atoms with Gasteiger partial charge in [-0.05, 0) is 114 Å². The van der Waals surface area contributed by atoms with Crippen LogP contribution < -0.4 is 10.4 Å². The van der Waals surface area contributed by atoms with Crippen LogP contribution in [0.5, 0.6) is 0 Å². The summed E-state index contributed by atoms with van der Waals surface area (Å²) in [5.74, 6) is 41.4. The second-order valence-electron chi connectivity index (χ2n) is 10.7. The van der Waals surface area contributed by atoms with Crippen LogP contribution in [0, 0.1) is 121 Å². The van der Waals surface area contributed by atoms with Crippen molar-refractivity contribution in [3.63, 3.8) is 0 Å². The molecule has 0 N–H and O–H groups in total. The summed E-state index contributed by atoms with van der Waals surface area (Å²) in [5.41, 5.74) is 6.26. The van der Waals surface area contributed by atoms with Crippen LogP contribution in [0.15, 0.2) is 12.1 Å². The largest absolute Gasteiger partial charge is 0.164 e. The fourth-order valence-electron chi connectivity index (χ4n) is 4.40. The Hall–Kier alpha value is -4.31. The van der Waals surface area contributed by atoms with E-state index >= 15 is 0 Å². The van der Waals surface area contributed by atoms with Gasteiger partial charge in [0.05, 0.1) is 8.07 Å². The molecule has 0 radical (unpaired) electrons. The van der Waals surface area contributed by atoms with E-state index in [4.69, 9.17) is 6.42 Å². The van der Waals surface area contributed by atoms with E-state index in [2.05, 4.69) is 159 Å². The van der Waals surface area contributed by atoms with Crippen LogP contribution in [-0.2, 0) is 0 Å². The predicted molar refractivity (Wildman–Crippen MR) is 179 cm³/mol. The lowest BCUT2D eigenvalue weighted by Gasteiger charge is -2.28. The first-order valence-corrected chi connectivity index (χ1v) is 20.0. The van der Waals surface area contributed by atoms with Crippen LogP contribution in [0.2, 0.25) is 32.2 Å². The van der Waals surface area contributed by atoms with Crippen molar-refractivity contribution in [1.29, 1.82) is 0 Å². The van der Waals surface area contributed by atoms with E-state index in [0.29, 0.717) is 0 Å². The zero-order chi connectivity index (χ0) is 29.7. The van der Waals surface area contributed by atoms with Crippen LogP contribution >= 0.6 is 0 Å². The number of rotatable bonds is 9. The van der Waals surface area contributed by atoms with Crippen molar-refractivity contribution >= 4 is 26.5 Å². The molecule has 1 aromatic rings. The molecule has 0 unspecified atom stereocenters. The van der Waals surface area contributed by atoms with Crippen molar-refractivity contribution in [2.45, 2.75) is 91.5 Å². The summed E-state index contributed by atoms with van der Waals surface area (Å²) in [5, 5.41) is 3.00. The molecule has 0 saturated heterocycles. The van der Waals surface area contributed by atoms with Gasteiger partial charge >= 0.3 is 0 Å². The highest BCUT2D eigenvalue weighted by Gasteiger charge is 2.29. The molecule has 2 heteroatoms. The van der Waals surface area contributed by atoms with E-state index in [-0.39, 0.29) is 0 Å². The minimum atomic E-state index is -1.97. The van der Waals surface area contributed by atoms with Gasteiger partial charge in [-0.25, -0.2) is 0 Å². The lowest BCUT2D eigenvalue weighted by molar-refractivity contribution is 0.623. The Kier molecular flexibility index (Phi) is 15.9. The maximum Gasteiger partial charge on any atom is 0.164 e. The normalized spacial score (nSPS) is 8.95. The van der Waals surface area contributed by atoms with Crippen molar-refractivity contribution in [1.82, 2.24) is 0 Å². The van der Waals surface area contributed by atoms with Crippen molar-refractivity contribution in [3.8, 4) is 107 Å². The van der Waals surface area contributed by atoms with E-state index in [9.17, 15) is 0 Å². The van der Waals surface area contributed by atoms with Crippen molar-refractivity contribution in [2.75, 3.05) is 0 Å². The number of benzene rings is 1. The van der Waals surface area contributed by atoms with Gasteiger partial charge in [0, 0.05) is 0 Å². The number of unbranched alkanes of at least 4 members (excludes halogenated alkanes) is 5. The molecule has 0 fully saturated rings. The summed E-state index contributed by atoms with van der Waals surface area (Å²) >= 11 is 0. The molecule has 1 rings (SSSR count). The molecule has 0 aromatic heterocycles. The molecule has 0 saturated carbocycles. The number of aryl methyl sites for hydroxylation is 2. The van der Waals surface area contributed by atoms with Crippen molar-refractivity contribution in [2.24, 2.45) is 0 Å². The second-order valence-corrected chi connectivity index (χ2v) is 19.5. The van der Waals surface area contributed by atoms with E-state index in [0.717, 1.165) is 0 Å². The standard InChI is InChI=1S/C38H38Si2/c1-9-11-13-15-17-18-19-20-21-22-23-24-25-26-28-30-32-40(7,8)38-34-35(3)37(33-36(38)4)39(5,6)31-29-27-16-14-12-10-2/h1,33-34H,10,12,14,16,27,29,31H2,2-8H3. The molecule has 0 spiro atoms. The molecule has 0 amide bonds. The quantitative estimate of drug-likeness (QED) is 0.210. The monoisotopic (exact) mass is 550 g/mol. The van der Waals surface area contributed by atoms with Crippen LogP contribution in [0.1, 0.15) is 56.6 Å². The van der Waals surface area contributed by atoms with Gasteiger partial charge in [-0.1, -0.05) is 106 Å². The van der Waals surface area contributed by atoms with Gasteiger partial charge in [0.1, 0.15) is 0 Å². The SMILES string of the molecule is C#CC#CC#CC#CC#CC#CC#CC#CC#C[Si](C)(C)c1cc(C)c([Si](C)(C)CCCCCCCC)cc1C. The molecular formula is C38H38Si2. The minimum absolute atomic E-state index is 1.31. The molecule has 0 aliphatic carbocycles. The first-order valence-electron chi connectivity index (χ1n) is 13.8. The molecule has 0 atom stereocenters. The smallest absolute Gasteiger partial charge is 0.112 e. The van der Waals surface area contributed by atoms with Gasteiger partial charge in [-0.15, -0.1) is 12.0 Å². The Bertz CT molecular complexity index is 1600. The third kappa shape index (κ3) is 13.5. The highest BCUT2D eigenvalue weighted by molar-refractivity contribution is 6.97. The highest BCUT2D eigenvalue weighted by atomic mass is 28.3. The molecule has 198 valence electrons. The number of hydrogen-bond donors (Lipinski definition) is 0. The molecule has 0 aliphatic heterocycles. The molecule has 0 aliphatic rings. The van der Waals surface area contributed by atoms with E-state index in [1.54, 1.807) is 5.19 Å². The molecular weight excluding hydrogens is 513 g/mol. The molecule has 0 bridgehead atoms. The van der Waals surface area contributed by atoms with Crippen LogP contribution in [0.4, 0.5) is 0 Å². The van der Waals surface area contributed by atoms with Gasteiger partial charge in [0.25, 0.3) is 0 Å². The summed E-state index contributed by atoms with van der Waals surface area (Å²) in [6.45, 7) is 16.4. The third-order valence-corrected chi connectivity index (χ3v) is 12.7. The van der Waals surface area contributed by atoms with Gasteiger partial charge in [-0.2, -0.15) is 0 Å².